The Bertz CT molecular complexity index is 1430. The molecule has 0 radical (unpaired) electrons. The zero-order valence-electron chi connectivity index (χ0n) is 26.5. The quantitative estimate of drug-likeness (QED) is 0.299. The number of carbonyl (C=O) groups excluding carboxylic acids is 3. The molecule has 3 heterocycles. The van der Waals surface area contributed by atoms with Gasteiger partial charge in [-0.15, -0.1) is 24.9 Å². The molecular formula is C36H47N3O4S. The molecular weight excluding hydrogens is 570 g/mol. The highest BCUT2D eigenvalue weighted by Crippen LogP contribution is 2.69. The van der Waals surface area contributed by atoms with Crippen molar-refractivity contribution in [1.29, 1.82) is 0 Å². The van der Waals surface area contributed by atoms with Crippen molar-refractivity contribution in [3.8, 4) is 0 Å². The van der Waals surface area contributed by atoms with Crippen molar-refractivity contribution < 1.29 is 19.5 Å². The summed E-state index contributed by atoms with van der Waals surface area (Å²) in [5.74, 6) is -1.52. The fourth-order valence-corrected chi connectivity index (χ4v) is 10.5. The Morgan fingerprint density at radius 1 is 1.11 bits per heavy atom. The molecule has 2 bridgehead atoms. The van der Waals surface area contributed by atoms with Gasteiger partial charge in [-0.05, 0) is 47.6 Å². The van der Waals surface area contributed by atoms with Gasteiger partial charge in [-0.3, -0.25) is 14.4 Å². The Morgan fingerprint density at radius 2 is 1.82 bits per heavy atom. The van der Waals surface area contributed by atoms with Crippen LogP contribution in [0.2, 0.25) is 0 Å². The highest BCUT2D eigenvalue weighted by Gasteiger charge is 2.77. The second kappa shape index (κ2) is 13.1. The Labute approximate surface area is 266 Å². The van der Waals surface area contributed by atoms with E-state index in [-0.39, 0.29) is 48.0 Å². The number of likely N-dealkylation sites (tertiary alicyclic amines) is 1. The zero-order valence-corrected chi connectivity index (χ0v) is 27.3. The lowest BCUT2D eigenvalue weighted by Gasteiger charge is -2.43. The Kier molecular flexibility index (Phi) is 9.61. The molecule has 0 aromatic heterocycles. The monoisotopic (exact) mass is 617 g/mol. The van der Waals surface area contributed by atoms with Gasteiger partial charge in [0, 0.05) is 30.6 Å². The van der Waals surface area contributed by atoms with Crippen molar-refractivity contribution in [2.75, 3.05) is 31.1 Å². The lowest BCUT2D eigenvalue weighted by Crippen LogP contribution is -2.60. The standard InChI is InChI=1S/C36H47N3O4S/c1-7-17-37(18-8-2)33(41)30-29-20-24(6)36(44-29)31(30)34(42)39(28(22-40)23(5)10-4)32(36)35(43)38(19-9-3)27-16-15-25-13-11-12-14-26(25)21-27/h7,9,11-16,21,23-24,28-32,40H,1,3,8,10,17-20,22H2,2,4-6H3/t23-,24?,28-,29+,30-,31-,32?,36?/m0/s1. The molecule has 236 valence electrons. The van der Waals surface area contributed by atoms with E-state index in [1.807, 2.05) is 68.1 Å². The number of amides is 3. The number of aliphatic hydroxyl groups excluding tert-OH is 1. The molecule has 3 saturated heterocycles. The molecule has 5 rings (SSSR count). The molecule has 3 aliphatic heterocycles. The first-order chi connectivity index (χ1) is 21.2. The summed E-state index contributed by atoms with van der Waals surface area (Å²) < 4.78 is -0.775. The van der Waals surface area contributed by atoms with Gasteiger partial charge in [0.2, 0.25) is 11.8 Å². The van der Waals surface area contributed by atoms with E-state index in [2.05, 4.69) is 20.1 Å². The van der Waals surface area contributed by atoms with Crippen LogP contribution in [0.3, 0.4) is 0 Å². The molecule has 1 N–H and O–H groups in total. The number of hydrogen-bond acceptors (Lipinski definition) is 5. The third kappa shape index (κ3) is 5.08. The van der Waals surface area contributed by atoms with Crippen LogP contribution in [-0.4, -0.2) is 80.9 Å². The maximum Gasteiger partial charge on any atom is 0.251 e. The van der Waals surface area contributed by atoms with Crippen molar-refractivity contribution in [3.63, 3.8) is 0 Å². The van der Waals surface area contributed by atoms with Crippen molar-refractivity contribution in [2.45, 2.75) is 69.0 Å². The summed E-state index contributed by atoms with van der Waals surface area (Å²) in [6, 6.07) is 12.7. The van der Waals surface area contributed by atoms with Crippen LogP contribution in [0.4, 0.5) is 5.69 Å². The van der Waals surface area contributed by atoms with Crippen molar-refractivity contribution in [3.05, 3.63) is 67.8 Å². The fourth-order valence-electron chi connectivity index (χ4n) is 8.06. The minimum atomic E-state index is -0.820. The second-order valence-corrected chi connectivity index (χ2v) is 14.3. The van der Waals surface area contributed by atoms with E-state index >= 15 is 4.79 Å². The van der Waals surface area contributed by atoms with Gasteiger partial charge in [0.1, 0.15) is 6.04 Å². The molecule has 44 heavy (non-hydrogen) atoms. The normalized spacial score (nSPS) is 28.5. The van der Waals surface area contributed by atoms with E-state index in [0.29, 0.717) is 13.1 Å². The van der Waals surface area contributed by atoms with Gasteiger partial charge in [-0.2, -0.15) is 0 Å². The molecule has 3 fully saturated rings. The van der Waals surface area contributed by atoms with Crippen LogP contribution in [0, 0.1) is 23.7 Å². The van der Waals surface area contributed by atoms with Gasteiger partial charge in [-0.1, -0.05) is 76.6 Å². The van der Waals surface area contributed by atoms with Gasteiger partial charge < -0.3 is 19.8 Å². The average molecular weight is 618 g/mol. The number of hydrogen-bond donors (Lipinski definition) is 1. The highest BCUT2D eigenvalue weighted by atomic mass is 32.2. The molecule has 3 unspecified atom stereocenters. The first kappa shape index (κ1) is 32.3. The summed E-state index contributed by atoms with van der Waals surface area (Å²) in [6.45, 7) is 17.1. The van der Waals surface area contributed by atoms with E-state index in [0.717, 1.165) is 35.7 Å². The number of aliphatic hydroxyl groups is 1. The lowest BCUT2D eigenvalue weighted by molar-refractivity contribution is -0.146. The first-order valence-electron chi connectivity index (χ1n) is 16.1. The lowest BCUT2D eigenvalue weighted by atomic mass is 9.65. The summed E-state index contributed by atoms with van der Waals surface area (Å²) in [7, 11) is 0. The number of rotatable bonds is 13. The number of fused-ring (bicyclic) bond motifs is 2. The van der Waals surface area contributed by atoms with Crippen LogP contribution in [-0.2, 0) is 14.4 Å². The summed E-state index contributed by atoms with van der Waals surface area (Å²) in [5, 5.41) is 12.8. The predicted molar refractivity (Wildman–Crippen MR) is 179 cm³/mol. The van der Waals surface area contributed by atoms with Gasteiger partial charge in [0.15, 0.2) is 0 Å². The van der Waals surface area contributed by atoms with E-state index < -0.39 is 28.7 Å². The molecule has 2 aromatic carbocycles. The molecule has 3 aliphatic rings. The summed E-state index contributed by atoms with van der Waals surface area (Å²) in [5.41, 5.74) is 0.739. The number of nitrogens with zero attached hydrogens (tertiary/aromatic N) is 3. The number of benzene rings is 2. The first-order valence-corrected chi connectivity index (χ1v) is 17.0. The zero-order chi connectivity index (χ0) is 31.8. The second-order valence-electron chi connectivity index (χ2n) is 12.8. The largest absolute Gasteiger partial charge is 0.394 e. The molecule has 0 saturated carbocycles. The number of anilines is 1. The number of thioether (sulfide) groups is 1. The third-order valence-electron chi connectivity index (χ3n) is 10.3. The predicted octanol–water partition coefficient (Wildman–Crippen LogP) is 5.53. The molecule has 8 heteroatoms. The van der Waals surface area contributed by atoms with Gasteiger partial charge in [-0.25, -0.2) is 0 Å². The van der Waals surface area contributed by atoms with Crippen molar-refractivity contribution >= 4 is 45.9 Å². The fraction of sp³-hybridized carbons (Fsp3) is 0.528. The van der Waals surface area contributed by atoms with E-state index in [1.54, 1.807) is 33.7 Å². The molecule has 0 aliphatic carbocycles. The van der Waals surface area contributed by atoms with E-state index in [4.69, 9.17) is 0 Å². The SMILES string of the molecule is C=CCN(CCC)C(=O)[C@@H]1[C@H]2C(=O)N([C@@H](CO)[C@@H](C)CC)C(C(=O)N(CC=C)c3ccc4ccccc4c3)C23S[C@@H]1CC3C. The Morgan fingerprint density at radius 3 is 2.45 bits per heavy atom. The molecule has 2 aromatic rings. The van der Waals surface area contributed by atoms with Crippen LogP contribution >= 0.6 is 11.8 Å². The maximum atomic E-state index is 15.1. The van der Waals surface area contributed by atoms with Gasteiger partial charge >= 0.3 is 0 Å². The van der Waals surface area contributed by atoms with Gasteiger partial charge in [0.05, 0.1) is 29.2 Å². The number of carbonyl (C=O) groups is 3. The van der Waals surface area contributed by atoms with Crippen LogP contribution in [0.5, 0.6) is 0 Å². The third-order valence-corrected chi connectivity index (χ3v) is 12.4. The topological polar surface area (TPSA) is 81.2 Å². The van der Waals surface area contributed by atoms with Gasteiger partial charge in [0.25, 0.3) is 5.91 Å². The minimum absolute atomic E-state index is 0.0222. The highest BCUT2D eigenvalue weighted by molar-refractivity contribution is 8.02. The molecule has 8 atom stereocenters. The van der Waals surface area contributed by atoms with E-state index in [9.17, 15) is 14.7 Å². The van der Waals surface area contributed by atoms with Crippen LogP contribution in [0.25, 0.3) is 10.8 Å². The van der Waals surface area contributed by atoms with Crippen molar-refractivity contribution in [1.82, 2.24) is 9.80 Å². The summed E-state index contributed by atoms with van der Waals surface area (Å²) in [4.78, 5) is 49.5. The molecule has 3 amide bonds. The van der Waals surface area contributed by atoms with E-state index in [1.165, 1.54) is 0 Å². The Balaban J connectivity index is 1.65. The Hall–Kier alpha value is -3.10. The van der Waals surface area contributed by atoms with Crippen LogP contribution < -0.4 is 4.90 Å². The smallest absolute Gasteiger partial charge is 0.251 e. The minimum Gasteiger partial charge on any atom is -0.394 e. The summed E-state index contributed by atoms with van der Waals surface area (Å²) >= 11 is 1.68. The average Bonchev–Trinajstić information content (AvgIpc) is 3.62. The molecule has 1 spiro atoms. The van der Waals surface area contributed by atoms with Crippen LogP contribution in [0.15, 0.2) is 67.8 Å². The van der Waals surface area contributed by atoms with Crippen molar-refractivity contribution in [2.24, 2.45) is 23.7 Å². The summed E-state index contributed by atoms with van der Waals surface area (Å²) in [6.07, 6.45) is 5.77. The van der Waals surface area contributed by atoms with Crippen LogP contribution in [0.1, 0.15) is 47.0 Å². The maximum absolute atomic E-state index is 15.1. The molecule has 7 nitrogen and oxygen atoms in total.